The van der Waals surface area contributed by atoms with Crippen LogP contribution in [0.15, 0.2) is 24.7 Å². The Balaban J connectivity index is 1.36. The Bertz CT molecular complexity index is 1350. The third-order valence-electron chi connectivity index (χ3n) is 7.56. The second kappa shape index (κ2) is 11.2. The Morgan fingerprint density at radius 1 is 1.15 bits per heavy atom. The summed E-state index contributed by atoms with van der Waals surface area (Å²) in [6.07, 6.45) is 8.27. The van der Waals surface area contributed by atoms with Crippen molar-refractivity contribution in [2.75, 3.05) is 20.3 Å². The first-order valence-electron chi connectivity index (χ1n) is 14.0. The number of fused-ring (bicyclic) bond motifs is 1. The highest BCUT2D eigenvalue weighted by Gasteiger charge is 2.36. The Labute approximate surface area is 234 Å². The van der Waals surface area contributed by atoms with E-state index in [0.717, 1.165) is 36.3 Å². The van der Waals surface area contributed by atoms with Crippen LogP contribution in [0, 0.1) is 11.7 Å². The summed E-state index contributed by atoms with van der Waals surface area (Å²) in [6.45, 7) is 11.8. The molecule has 0 spiro atoms. The van der Waals surface area contributed by atoms with Crippen molar-refractivity contribution in [3.05, 3.63) is 41.7 Å². The van der Waals surface area contributed by atoms with Crippen LogP contribution in [0.4, 0.5) is 9.18 Å². The number of piperidine rings is 1. The largest absolute Gasteiger partial charge is 0.479 e. The van der Waals surface area contributed by atoms with Crippen molar-refractivity contribution in [1.29, 1.82) is 0 Å². The van der Waals surface area contributed by atoms with Gasteiger partial charge in [-0.3, -0.25) is 4.68 Å². The van der Waals surface area contributed by atoms with Gasteiger partial charge >= 0.3 is 6.09 Å². The van der Waals surface area contributed by atoms with Gasteiger partial charge in [-0.05, 0) is 65.9 Å². The van der Waals surface area contributed by atoms with Crippen molar-refractivity contribution in [2.24, 2.45) is 5.92 Å². The number of carbonyl (C=O) groups excluding carboxylic acids is 1. The first-order valence-corrected chi connectivity index (χ1v) is 14.0. The summed E-state index contributed by atoms with van der Waals surface area (Å²) in [6, 6.07) is 1.56. The molecule has 3 aromatic heterocycles. The fraction of sp³-hybridized carbons (Fsp3) is 0.586. The number of hydrogen-bond donors (Lipinski definition) is 0. The first-order chi connectivity index (χ1) is 19.0. The minimum absolute atomic E-state index is 0.0422. The molecule has 2 aliphatic rings. The SMILES string of the molecule is COc1ncc(-c2nn(-c3cnn(C[C@H]4C[C@@H](C)N(C(=O)OC(C)(C)C)[C@@H](C)C4)c3)c3c2CCOCC3)cc1F. The standard InChI is InChI=1S/C29H39FN6O4/c1-18-11-20(12-19(2)35(18)28(37)40-29(3,4)5)16-34-17-22(15-32-34)36-25-8-10-39-9-7-23(25)26(33-36)21-13-24(30)27(38-6)31-14-21/h13-15,17-20H,7-12,16H2,1-6H3/t18-,19+,20+. The molecular weight excluding hydrogens is 515 g/mol. The maximum absolute atomic E-state index is 14.5. The summed E-state index contributed by atoms with van der Waals surface area (Å²) < 4.78 is 34.8. The van der Waals surface area contributed by atoms with E-state index in [0.29, 0.717) is 43.2 Å². The molecule has 0 bridgehead atoms. The van der Waals surface area contributed by atoms with Crippen molar-refractivity contribution < 1.29 is 23.4 Å². The molecule has 216 valence electrons. The molecule has 11 heteroatoms. The number of pyridine rings is 1. The van der Waals surface area contributed by atoms with Crippen molar-refractivity contribution in [1.82, 2.24) is 29.4 Å². The molecule has 0 aromatic carbocycles. The maximum Gasteiger partial charge on any atom is 0.410 e. The van der Waals surface area contributed by atoms with Crippen LogP contribution >= 0.6 is 0 Å². The monoisotopic (exact) mass is 554 g/mol. The number of nitrogens with zero attached hydrogens (tertiary/aromatic N) is 6. The molecular formula is C29H39FN6O4. The van der Waals surface area contributed by atoms with E-state index in [4.69, 9.17) is 19.3 Å². The lowest BCUT2D eigenvalue weighted by molar-refractivity contribution is -0.00865. The van der Waals surface area contributed by atoms with Gasteiger partial charge in [0.05, 0.1) is 44.1 Å². The summed E-state index contributed by atoms with van der Waals surface area (Å²) in [4.78, 5) is 18.8. The molecule has 3 aromatic rings. The van der Waals surface area contributed by atoms with E-state index in [1.807, 2.05) is 47.4 Å². The Morgan fingerprint density at radius 2 is 1.88 bits per heavy atom. The van der Waals surface area contributed by atoms with Crippen LogP contribution in [0.5, 0.6) is 5.88 Å². The van der Waals surface area contributed by atoms with Crippen LogP contribution in [0.2, 0.25) is 0 Å². The summed E-state index contributed by atoms with van der Waals surface area (Å²) in [5, 5.41) is 9.58. The summed E-state index contributed by atoms with van der Waals surface area (Å²) >= 11 is 0. The zero-order chi connectivity index (χ0) is 28.6. The number of likely N-dealkylation sites (tertiary alicyclic amines) is 1. The van der Waals surface area contributed by atoms with E-state index in [1.54, 1.807) is 6.20 Å². The van der Waals surface area contributed by atoms with Gasteiger partial charge < -0.3 is 19.1 Å². The summed E-state index contributed by atoms with van der Waals surface area (Å²) in [5.41, 5.74) is 3.69. The number of ether oxygens (including phenoxy) is 3. The highest BCUT2D eigenvalue weighted by molar-refractivity contribution is 5.69. The van der Waals surface area contributed by atoms with Gasteiger partial charge in [0.15, 0.2) is 5.82 Å². The highest BCUT2D eigenvalue weighted by atomic mass is 19.1. The highest BCUT2D eigenvalue weighted by Crippen LogP contribution is 2.33. The molecule has 3 atom stereocenters. The Hall–Kier alpha value is -3.47. The van der Waals surface area contributed by atoms with Crippen molar-refractivity contribution in [2.45, 2.75) is 84.5 Å². The fourth-order valence-electron chi connectivity index (χ4n) is 5.97. The van der Waals surface area contributed by atoms with Gasteiger partial charge in [0.2, 0.25) is 5.88 Å². The zero-order valence-electron chi connectivity index (χ0n) is 24.2. The molecule has 0 saturated carbocycles. The number of methoxy groups -OCH3 is 1. The molecule has 1 saturated heterocycles. The third kappa shape index (κ3) is 5.84. The van der Waals surface area contributed by atoms with Gasteiger partial charge in [0.1, 0.15) is 11.3 Å². The lowest BCUT2D eigenvalue weighted by Crippen LogP contribution is -2.51. The molecule has 1 fully saturated rings. The second-order valence-electron chi connectivity index (χ2n) is 11.9. The van der Waals surface area contributed by atoms with Crippen molar-refractivity contribution in [3.63, 3.8) is 0 Å². The topological polar surface area (TPSA) is 96.5 Å². The lowest BCUT2D eigenvalue weighted by atomic mass is 9.87. The summed E-state index contributed by atoms with van der Waals surface area (Å²) in [5.74, 6) is -0.204. The fourth-order valence-corrected chi connectivity index (χ4v) is 5.97. The predicted octanol–water partition coefficient (Wildman–Crippen LogP) is 4.82. The van der Waals surface area contributed by atoms with E-state index >= 15 is 0 Å². The molecule has 0 aliphatic carbocycles. The average molecular weight is 555 g/mol. The molecule has 10 nitrogen and oxygen atoms in total. The van der Waals surface area contributed by atoms with Crippen LogP contribution in [-0.2, 0) is 28.9 Å². The van der Waals surface area contributed by atoms with Crippen LogP contribution in [0.25, 0.3) is 16.9 Å². The van der Waals surface area contributed by atoms with Gasteiger partial charge in [0, 0.05) is 42.4 Å². The first kappa shape index (κ1) is 28.1. The van der Waals surface area contributed by atoms with E-state index in [2.05, 4.69) is 23.9 Å². The lowest BCUT2D eigenvalue weighted by Gasteiger charge is -2.42. The van der Waals surface area contributed by atoms with Gasteiger partial charge in [-0.1, -0.05) is 0 Å². The van der Waals surface area contributed by atoms with Crippen LogP contribution in [0.1, 0.15) is 58.7 Å². The van der Waals surface area contributed by atoms with E-state index < -0.39 is 11.4 Å². The quantitative estimate of drug-likeness (QED) is 0.446. The molecule has 5 heterocycles. The van der Waals surface area contributed by atoms with Crippen LogP contribution in [0.3, 0.4) is 0 Å². The second-order valence-corrected chi connectivity index (χ2v) is 11.9. The maximum atomic E-state index is 14.5. The van der Waals surface area contributed by atoms with Gasteiger partial charge in [-0.25, -0.2) is 18.9 Å². The Kier molecular flexibility index (Phi) is 7.85. The molecule has 0 N–H and O–H groups in total. The van der Waals surface area contributed by atoms with Crippen LogP contribution < -0.4 is 4.74 Å². The van der Waals surface area contributed by atoms with Crippen LogP contribution in [-0.4, -0.2) is 73.5 Å². The minimum atomic E-state index is -0.526. The number of hydrogen-bond acceptors (Lipinski definition) is 7. The molecule has 0 unspecified atom stereocenters. The number of carbonyl (C=O) groups is 1. The normalized spacial score (nSPS) is 21.6. The number of amides is 1. The van der Waals surface area contributed by atoms with Gasteiger partial charge in [0.25, 0.3) is 0 Å². The van der Waals surface area contributed by atoms with Gasteiger partial charge in [-0.2, -0.15) is 10.2 Å². The number of aromatic nitrogens is 5. The minimum Gasteiger partial charge on any atom is -0.479 e. The average Bonchev–Trinajstić information content (AvgIpc) is 3.39. The van der Waals surface area contributed by atoms with E-state index in [-0.39, 0.29) is 24.1 Å². The van der Waals surface area contributed by atoms with Gasteiger partial charge in [-0.15, -0.1) is 0 Å². The molecule has 0 radical (unpaired) electrons. The zero-order valence-corrected chi connectivity index (χ0v) is 24.2. The molecule has 40 heavy (non-hydrogen) atoms. The summed E-state index contributed by atoms with van der Waals surface area (Å²) in [7, 11) is 1.40. The Morgan fingerprint density at radius 3 is 2.55 bits per heavy atom. The predicted molar refractivity (Wildman–Crippen MR) is 147 cm³/mol. The van der Waals surface area contributed by atoms with Crippen molar-refractivity contribution >= 4 is 6.09 Å². The molecule has 5 rings (SSSR count). The molecule has 2 aliphatic heterocycles. The number of halogens is 1. The third-order valence-corrected chi connectivity index (χ3v) is 7.56. The smallest absolute Gasteiger partial charge is 0.410 e. The number of rotatable bonds is 5. The van der Waals surface area contributed by atoms with E-state index in [9.17, 15) is 9.18 Å². The molecule has 1 amide bonds. The van der Waals surface area contributed by atoms with E-state index in [1.165, 1.54) is 13.2 Å². The van der Waals surface area contributed by atoms with Crippen molar-refractivity contribution in [3.8, 4) is 22.8 Å².